The number of amides is 1. The standard InChI is InChI=1S/C12H16ClN3O3S/c1-8-7-20(18,19)4-3-16(8)12(17)9-5-11(14-2)15-6-10(9)13/h5-6,8H,3-4,7H2,1-2H3,(H,14,15). The molecule has 6 nitrogen and oxygen atoms in total. The Kier molecular flexibility index (Phi) is 4.19. The summed E-state index contributed by atoms with van der Waals surface area (Å²) in [5.74, 6) is 0.247. The topological polar surface area (TPSA) is 79.4 Å². The molecule has 2 heterocycles. The Bertz CT molecular complexity index is 633. The summed E-state index contributed by atoms with van der Waals surface area (Å²) in [4.78, 5) is 18.1. The summed E-state index contributed by atoms with van der Waals surface area (Å²) in [7, 11) is -1.36. The number of rotatable bonds is 2. The van der Waals surface area contributed by atoms with Gasteiger partial charge in [-0.05, 0) is 13.0 Å². The zero-order chi connectivity index (χ0) is 14.9. The lowest BCUT2D eigenvalue weighted by atomic mass is 10.2. The van der Waals surface area contributed by atoms with Crippen LogP contribution >= 0.6 is 11.6 Å². The molecule has 0 aliphatic carbocycles. The lowest BCUT2D eigenvalue weighted by Crippen LogP contribution is -2.49. The maximum Gasteiger partial charge on any atom is 0.255 e. The molecule has 0 bridgehead atoms. The third-order valence-electron chi connectivity index (χ3n) is 3.27. The van der Waals surface area contributed by atoms with Crippen molar-refractivity contribution in [1.82, 2.24) is 9.88 Å². The maximum atomic E-state index is 12.5. The Labute approximate surface area is 123 Å². The van der Waals surface area contributed by atoms with Crippen LogP contribution in [0.3, 0.4) is 0 Å². The number of anilines is 1. The highest BCUT2D eigenvalue weighted by Gasteiger charge is 2.32. The van der Waals surface area contributed by atoms with Gasteiger partial charge in [-0.25, -0.2) is 13.4 Å². The van der Waals surface area contributed by atoms with Crippen molar-refractivity contribution < 1.29 is 13.2 Å². The molecule has 20 heavy (non-hydrogen) atoms. The van der Waals surface area contributed by atoms with Crippen molar-refractivity contribution in [2.24, 2.45) is 0 Å². The van der Waals surface area contributed by atoms with Gasteiger partial charge in [0.05, 0.1) is 22.1 Å². The van der Waals surface area contributed by atoms with E-state index in [0.29, 0.717) is 11.4 Å². The summed E-state index contributed by atoms with van der Waals surface area (Å²) >= 11 is 6.01. The second kappa shape index (κ2) is 5.57. The average Bonchev–Trinajstić information content (AvgIpc) is 2.37. The summed E-state index contributed by atoms with van der Waals surface area (Å²) in [5, 5.41) is 3.10. The Morgan fingerprint density at radius 3 is 2.85 bits per heavy atom. The van der Waals surface area contributed by atoms with Gasteiger partial charge >= 0.3 is 0 Å². The number of carbonyl (C=O) groups excluding carboxylic acids is 1. The molecular formula is C12H16ClN3O3S. The second-order valence-corrected chi connectivity index (χ2v) is 7.40. The Balaban J connectivity index is 2.28. The van der Waals surface area contributed by atoms with Gasteiger partial charge < -0.3 is 10.2 Å². The van der Waals surface area contributed by atoms with Crippen LogP contribution in [0.5, 0.6) is 0 Å². The third-order valence-corrected chi connectivity index (χ3v) is 5.37. The molecule has 1 fully saturated rings. The predicted molar refractivity (Wildman–Crippen MR) is 77.9 cm³/mol. The summed E-state index contributed by atoms with van der Waals surface area (Å²) < 4.78 is 23.1. The molecule has 2 rings (SSSR count). The van der Waals surface area contributed by atoms with Crippen LogP contribution in [0.1, 0.15) is 17.3 Å². The van der Waals surface area contributed by atoms with Gasteiger partial charge in [0.2, 0.25) is 0 Å². The SMILES string of the molecule is CNc1cc(C(=O)N2CCS(=O)(=O)CC2C)c(Cl)cn1. The zero-order valence-corrected chi connectivity index (χ0v) is 12.8. The minimum absolute atomic E-state index is 0.00926. The smallest absolute Gasteiger partial charge is 0.255 e. The lowest BCUT2D eigenvalue weighted by molar-refractivity contribution is 0.0712. The minimum atomic E-state index is -3.06. The molecule has 0 aromatic carbocycles. The monoisotopic (exact) mass is 317 g/mol. The van der Waals surface area contributed by atoms with Gasteiger partial charge in [0.1, 0.15) is 5.82 Å². The van der Waals surface area contributed by atoms with Gasteiger partial charge in [0.25, 0.3) is 5.91 Å². The fraction of sp³-hybridized carbons (Fsp3) is 0.500. The van der Waals surface area contributed by atoms with E-state index >= 15 is 0 Å². The van der Waals surface area contributed by atoms with Gasteiger partial charge in [-0.1, -0.05) is 11.6 Å². The highest BCUT2D eigenvalue weighted by Crippen LogP contribution is 2.22. The van der Waals surface area contributed by atoms with Crippen LogP contribution in [0.2, 0.25) is 5.02 Å². The Morgan fingerprint density at radius 2 is 2.25 bits per heavy atom. The van der Waals surface area contributed by atoms with Crippen LogP contribution in [-0.4, -0.2) is 55.3 Å². The number of sulfone groups is 1. The predicted octanol–water partition coefficient (Wildman–Crippen LogP) is 1.04. The quantitative estimate of drug-likeness (QED) is 0.881. The summed E-state index contributed by atoms with van der Waals surface area (Å²) in [6.45, 7) is 1.92. The number of hydrogen-bond donors (Lipinski definition) is 1. The van der Waals surface area contributed by atoms with E-state index < -0.39 is 9.84 Å². The number of hydrogen-bond acceptors (Lipinski definition) is 5. The van der Waals surface area contributed by atoms with Crippen LogP contribution in [0, 0.1) is 0 Å². The van der Waals surface area contributed by atoms with Gasteiger partial charge in [-0.3, -0.25) is 4.79 Å². The van der Waals surface area contributed by atoms with Crippen molar-refractivity contribution >= 4 is 33.2 Å². The van der Waals surface area contributed by atoms with Crippen molar-refractivity contribution in [3.05, 3.63) is 22.8 Å². The van der Waals surface area contributed by atoms with E-state index in [1.165, 1.54) is 6.20 Å². The molecule has 110 valence electrons. The molecule has 1 aromatic heterocycles. The van der Waals surface area contributed by atoms with E-state index in [1.54, 1.807) is 24.9 Å². The molecule has 0 saturated carbocycles. The van der Waals surface area contributed by atoms with Crippen molar-refractivity contribution in [2.75, 3.05) is 30.4 Å². The maximum absolute atomic E-state index is 12.5. The van der Waals surface area contributed by atoms with Crippen LogP contribution in [-0.2, 0) is 9.84 Å². The number of nitrogens with zero attached hydrogens (tertiary/aromatic N) is 2. The van der Waals surface area contributed by atoms with Gasteiger partial charge in [-0.15, -0.1) is 0 Å². The highest BCUT2D eigenvalue weighted by molar-refractivity contribution is 7.91. The number of carbonyl (C=O) groups is 1. The normalized spacial score (nSPS) is 21.6. The molecule has 1 N–H and O–H groups in total. The highest BCUT2D eigenvalue weighted by atomic mass is 35.5. The van der Waals surface area contributed by atoms with Crippen LogP contribution in [0.4, 0.5) is 5.82 Å². The van der Waals surface area contributed by atoms with Crippen molar-refractivity contribution in [3.8, 4) is 0 Å². The third kappa shape index (κ3) is 3.04. The van der Waals surface area contributed by atoms with E-state index in [4.69, 9.17) is 11.6 Å². The summed E-state index contributed by atoms with van der Waals surface area (Å²) in [6.07, 6.45) is 1.41. The second-order valence-electron chi connectivity index (χ2n) is 4.76. The van der Waals surface area contributed by atoms with Crippen LogP contribution in [0.25, 0.3) is 0 Å². The fourth-order valence-electron chi connectivity index (χ4n) is 2.19. The molecule has 0 spiro atoms. The molecule has 1 aliphatic rings. The molecule has 1 aliphatic heterocycles. The largest absolute Gasteiger partial charge is 0.373 e. The molecule has 1 atom stereocenters. The first-order chi connectivity index (χ1) is 9.34. The van der Waals surface area contributed by atoms with Crippen molar-refractivity contribution in [1.29, 1.82) is 0 Å². The van der Waals surface area contributed by atoms with E-state index in [1.807, 2.05) is 0 Å². The molecule has 8 heteroatoms. The summed E-state index contributed by atoms with van der Waals surface area (Å²) in [5.41, 5.74) is 0.331. The molecular weight excluding hydrogens is 302 g/mol. The van der Waals surface area contributed by atoms with Gasteiger partial charge in [-0.2, -0.15) is 0 Å². The first-order valence-corrected chi connectivity index (χ1v) is 8.38. The van der Waals surface area contributed by atoms with Crippen LogP contribution < -0.4 is 5.32 Å². The van der Waals surface area contributed by atoms with Gasteiger partial charge in [0, 0.05) is 25.8 Å². The van der Waals surface area contributed by atoms with Crippen LogP contribution in [0.15, 0.2) is 12.3 Å². The van der Waals surface area contributed by atoms with Gasteiger partial charge in [0.15, 0.2) is 9.84 Å². The number of aromatic nitrogens is 1. The minimum Gasteiger partial charge on any atom is -0.373 e. The first-order valence-electron chi connectivity index (χ1n) is 6.19. The average molecular weight is 318 g/mol. The molecule has 1 saturated heterocycles. The number of halogens is 1. The molecule has 1 unspecified atom stereocenters. The Hall–Kier alpha value is -1.34. The first kappa shape index (κ1) is 15.1. The van der Waals surface area contributed by atoms with Crippen molar-refractivity contribution in [3.63, 3.8) is 0 Å². The van der Waals surface area contributed by atoms with Crippen molar-refractivity contribution in [2.45, 2.75) is 13.0 Å². The Morgan fingerprint density at radius 1 is 1.55 bits per heavy atom. The number of nitrogens with one attached hydrogen (secondary N) is 1. The molecule has 1 amide bonds. The van der Waals surface area contributed by atoms with E-state index in [-0.39, 0.29) is 35.0 Å². The lowest BCUT2D eigenvalue weighted by Gasteiger charge is -2.33. The molecule has 1 aromatic rings. The van der Waals surface area contributed by atoms with E-state index in [0.717, 1.165) is 0 Å². The fourth-order valence-corrected chi connectivity index (χ4v) is 3.94. The van der Waals surface area contributed by atoms with E-state index in [9.17, 15) is 13.2 Å². The van der Waals surface area contributed by atoms with E-state index in [2.05, 4.69) is 10.3 Å². The summed E-state index contributed by atoms with van der Waals surface area (Å²) in [6, 6.07) is 1.21. The number of pyridine rings is 1. The molecule has 0 radical (unpaired) electrons. The zero-order valence-electron chi connectivity index (χ0n) is 11.3.